The number of carboxylic acid groups (broad SMARTS) is 1. The molecule has 0 fully saturated rings. The number of carbonyl (C=O) groups is 2. The van der Waals surface area contributed by atoms with Crippen LogP contribution in [0.1, 0.15) is 10.5 Å². The van der Waals surface area contributed by atoms with Gasteiger partial charge in [-0.2, -0.15) is 5.10 Å². The third-order valence-electron chi connectivity index (χ3n) is 1.93. The first-order chi connectivity index (χ1) is 7.91. The van der Waals surface area contributed by atoms with Gasteiger partial charge in [0, 0.05) is 13.1 Å². The van der Waals surface area contributed by atoms with Crippen molar-refractivity contribution in [3.8, 4) is 0 Å². The maximum Gasteiger partial charge on any atom is 0.334 e. The molecule has 1 atom stereocenters. The van der Waals surface area contributed by atoms with Crippen molar-refractivity contribution in [3.63, 3.8) is 0 Å². The van der Waals surface area contributed by atoms with Gasteiger partial charge in [-0.05, 0) is 6.07 Å². The van der Waals surface area contributed by atoms with Crippen LogP contribution in [0.2, 0.25) is 0 Å². The van der Waals surface area contributed by atoms with Crippen LogP contribution in [0.5, 0.6) is 0 Å². The summed E-state index contributed by atoms with van der Waals surface area (Å²) < 4.78 is 0.975. The molecule has 0 aliphatic heterocycles. The summed E-state index contributed by atoms with van der Waals surface area (Å²) in [6.07, 6.45) is -1.67. The topological polar surface area (TPSA) is 122 Å². The van der Waals surface area contributed by atoms with Crippen molar-refractivity contribution in [1.29, 1.82) is 0 Å². The highest BCUT2D eigenvalue weighted by Crippen LogP contribution is 1.90. The molecule has 0 aromatic carbocycles. The lowest BCUT2D eigenvalue weighted by atomic mass is 10.3. The normalized spacial score (nSPS) is 11.9. The average Bonchev–Trinajstić information content (AvgIpc) is 2.28. The predicted molar refractivity (Wildman–Crippen MR) is 55.5 cm³/mol. The number of aliphatic hydroxyl groups excluding tert-OH is 1. The van der Waals surface area contributed by atoms with Gasteiger partial charge in [0.1, 0.15) is 5.69 Å². The lowest BCUT2D eigenvalue weighted by Gasteiger charge is -2.07. The number of amides is 1. The molecule has 1 heterocycles. The fourth-order valence-electron chi connectivity index (χ4n) is 0.991. The molecule has 0 saturated carbocycles. The smallest absolute Gasteiger partial charge is 0.334 e. The van der Waals surface area contributed by atoms with Crippen molar-refractivity contribution in [2.45, 2.75) is 6.10 Å². The molecule has 1 rings (SSSR count). The molecule has 1 aromatic heterocycles. The van der Waals surface area contributed by atoms with Gasteiger partial charge >= 0.3 is 5.97 Å². The van der Waals surface area contributed by atoms with Crippen molar-refractivity contribution < 1.29 is 19.8 Å². The molecule has 17 heavy (non-hydrogen) atoms. The molecule has 3 N–H and O–H groups in total. The molecule has 1 amide bonds. The number of aliphatic carboxylic acids is 1. The monoisotopic (exact) mass is 241 g/mol. The summed E-state index contributed by atoms with van der Waals surface area (Å²) in [5.41, 5.74) is -0.406. The summed E-state index contributed by atoms with van der Waals surface area (Å²) in [6, 6.07) is 2.38. The Morgan fingerprint density at radius 3 is 2.71 bits per heavy atom. The van der Waals surface area contributed by atoms with Gasteiger partial charge < -0.3 is 15.5 Å². The number of nitrogens with one attached hydrogen (secondary N) is 1. The maximum absolute atomic E-state index is 11.4. The van der Waals surface area contributed by atoms with Crippen molar-refractivity contribution in [1.82, 2.24) is 15.1 Å². The number of carbonyl (C=O) groups excluding carboxylic acids is 1. The van der Waals surface area contributed by atoms with Gasteiger partial charge in [0.25, 0.3) is 11.5 Å². The van der Waals surface area contributed by atoms with Gasteiger partial charge in [-0.1, -0.05) is 0 Å². The van der Waals surface area contributed by atoms with Crippen LogP contribution in [0.4, 0.5) is 0 Å². The van der Waals surface area contributed by atoms with E-state index in [0.29, 0.717) is 0 Å². The summed E-state index contributed by atoms with van der Waals surface area (Å²) >= 11 is 0. The first-order valence-electron chi connectivity index (χ1n) is 4.65. The maximum atomic E-state index is 11.4. The zero-order valence-corrected chi connectivity index (χ0v) is 8.95. The Kier molecular flexibility index (Phi) is 3.94. The number of aliphatic hydroxyl groups is 1. The fourth-order valence-corrected chi connectivity index (χ4v) is 0.991. The lowest BCUT2D eigenvalue weighted by Crippen LogP contribution is -2.37. The van der Waals surface area contributed by atoms with E-state index in [9.17, 15) is 14.4 Å². The van der Waals surface area contributed by atoms with Crippen LogP contribution in [-0.4, -0.2) is 44.5 Å². The number of carboxylic acids is 1. The highest BCUT2D eigenvalue weighted by molar-refractivity contribution is 5.92. The van der Waals surface area contributed by atoms with E-state index in [4.69, 9.17) is 10.2 Å². The molecule has 1 aromatic rings. The van der Waals surface area contributed by atoms with Gasteiger partial charge in [-0.15, -0.1) is 0 Å². The number of aromatic nitrogens is 2. The quantitative estimate of drug-likeness (QED) is 0.558. The molecule has 0 spiro atoms. The standard InChI is InChI=1S/C9H11N3O5/c1-12-7(14)3-2-5(11-12)8(15)10-4-6(13)9(16)17/h2-3,6,13H,4H2,1H3,(H,10,15)(H,16,17). The molecule has 92 valence electrons. The van der Waals surface area contributed by atoms with Crippen LogP contribution in [0.3, 0.4) is 0 Å². The zero-order valence-electron chi connectivity index (χ0n) is 8.95. The fraction of sp³-hybridized carbons (Fsp3) is 0.333. The number of hydrogen-bond acceptors (Lipinski definition) is 5. The zero-order chi connectivity index (χ0) is 13.0. The molecule has 0 bridgehead atoms. The largest absolute Gasteiger partial charge is 0.479 e. The minimum absolute atomic E-state index is 0.0373. The highest BCUT2D eigenvalue weighted by Gasteiger charge is 2.15. The number of hydrogen-bond donors (Lipinski definition) is 3. The van der Waals surface area contributed by atoms with E-state index in [1.807, 2.05) is 0 Å². The van der Waals surface area contributed by atoms with Gasteiger partial charge in [0.2, 0.25) is 0 Å². The van der Waals surface area contributed by atoms with E-state index in [-0.39, 0.29) is 11.3 Å². The Morgan fingerprint density at radius 1 is 1.53 bits per heavy atom. The molecular weight excluding hydrogens is 230 g/mol. The molecule has 1 unspecified atom stereocenters. The molecule has 8 heteroatoms. The van der Waals surface area contributed by atoms with E-state index >= 15 is 0 Å². The van der Waals surface area contributed by atoms with Crippen LogP contribution in [0.15, 0.2) is 16.9 Å². The van der Waals surface area contributed by atoms with Gasteiger partial charge in [0.05, 0.1) is 6.54 Å². The SMILES string of the molecule is Cn1nc(C(=O)NCC(O)C(=O)O)ccc1=O. The molecular formula is C9H11N3O5. The highest BCUT2D eigenvalue weighted by atomic mass is 16.4. The molecule has 0 saturated heterocycles. The van der Waals surface area contributed by atoms with E-state index in [1.54, 1.807) is 0 Å². The van der Waals surface area contributed by atoms with E-state index in [1.165, 1.54) is 13.1 Å². The third-order valence-corrected chi connectivity index (χ3v) is 1.93. The van der Waals surface area contributed by atoms with E-state index in [2.05, 4.69) is 10.4 Å². The van der Waals surface area contributed by atoms with Gasteiger partial charge in [-0.25, -0.2) is 9.48 Å². The second kappa shape index (κ2) is 5.21. The summed E-state index contributed by atoms with van der Waals surface area (Å²) in [5, 5.41) is 23.2. The molecule has 0 aliphatic rings. The Bertz CT molecular complexity index is 496. The van der Waals surface area contributed by atoms with Crippen molar-refractivity contribution in [3.05, 3.63) is 28.2 Å². The number of nitrogens with zero attached hydrogens (tertiary/aromatic N) is 2. The number of aryl methyl sites for hydroxylation is 1. The summed E-state index contributed by atoms with van der Waals surface area (Å²) in [5.74, 6) is -2.10. The second-order valence-corrected chi connectivity index (χ2v) is 3.24. The van der Waals surface area contributed by atoms with Gasteiger partial charge in [0.15, 0.2) is 6.10 Å². The van der Waals surface area contributed by atoms with Crippen LogP contribution in [0, 0.1) is 0 Å². The van der Waals surface area contributed by atoms with Crippen molar-refractivity contribution in [2.24, 2.45) is 7.05 Å². The van der Waals surface area contributed by atoms with E-state index in [0.717, 1.165) is 10.7 Å². The van der Waals surface area contributed by atoms with Gasteiger partial charge in [-0.3, -0.25) is 9.59 Å². The first kappa shape index (κ1) is 12.8. The predicted octanol–water partition coefficient (Wildman–Crippen LogP) is -2.04. The lowest BCUT2D eigenvalue weighted by molar-refractivity contribution is -0.146. The van der Waals surface area contributed by atoms with Crippen molar-refractivity contribution >= 4 is 11.9 Å². The Labute approximate surface area is 95.5 Å². The summed E-state index contributed by atoms with van der Waals surface area (Å²) in [4.78, 5) is 32.7. The van der Waals surface area contributed by atoms with Crippen molar-refractivity contribution in [2.75, 3.05) is 6.54 Å². The Hall–Kier alpha value is -2.22. The van der Waals surface area contributed by atoms with Crippen LogP contribution >= 0.6 is 0 Å². The summed E-state index contributed by atoms with van der Waals surface area (Å²) in [6.45, 7) is -0.432. The molecule has 0 radical (unpaired) electrons. The Balaban J connectivity index is 2.67. The third kappa shape index (κ3) is 3.38. The minimum atomic E-state index is -1.67. The Morgan fingerprint density at radius 2 is 2.18 bits per heavy atom. The number of rotatable bonds is 4. The average molecular weight is 241 g/mol. The van der Waals surface area contributed by atoms with E-state index < -0.39 is 24.5 Å². The van der Waals surface area contributed by atoms with Crippen LogP contribution in [0.25, 0.3) is 0 Å². The van der Waals surface area contributed by atoms with Crippen LogP contribution < -0.4 is 10.9 Å². The summed E-state index contributed by atoms with van der Waals surface area (Å²) in [7, 11) is 1.38. The van der Waals surface area contributed by atoms with Crippen LogP contribution in [-0.2, 0) is 11.8 Å². The molecule has 0 aliphatic carbocycles. The minimum Gasteiger partial charge on any atom is -0.479 e. The molecule has 8 nitrogen and oxygen atoms in total. The first-order valence-corrected chi connectivity index (χ1v) is 4.65. The second-order valence-electron chi connectivity index (χ2n) is 3.24.